The number of hydrogen-bond donors (Lipinski definition) is 1. The molecule has 1 aromatic carbocycles. The number of likely N-dealkylation sites (N-methyl/N-ethyl adjacent to an activating group) is 1. The van der Waals surface area contributed by atoms with Gasteiger partial charge in [0, 0.05) is 37.9 Å². The molecule has 0 saturated carbocycles. The highest BCUT2D eigenvalue weighted by Crippen LogP contribution is 2.35. The molecule has 6 nitrogen and oxygen atoms in total. The normalized spacial score (nSPS) is 11.1. The predicted molar refractivity (Wildman–Crippen MR) is 105 cm³/mol. The molecule has 148 valence electrons. The molecule has 2 aromatic heterocycles. The van der Waals surface area contributed by atoms with Gasteiger partial charge in [0.05, 0.1) is 16.2 Å². The lowest BCUT2D eigenvalue weighted by molar-refractivity contribution is -0.129. The van der Waals surface area contributed by atoms with Gasteiger partial charge in [-0.1, -0.05) is 11.6 Å². The second-order valence-electron chi connectivity index (χ2n) is 6.42. The summed E-state index contributed by atoms with van der Waals surface area (Å²) in [5.74, 6) is 0.501. The number of alkyl halides is 2. The highest BCUT2D eigenvalue weighted by Gasteiger charge is 2.15. The zero-order valence-electron chi connectivity index (χ0n) is 15.5. The zero-order chi connectivity index (χ0) is 20.4. The molecule has 9 heteroatoms. The molecule has 3 aromatic rings. The van der Waals surface area contributed by atoms with Crippen LogP contribution in [-0.2, 0) is 11.3 Å². The summed E-state index contributed by atoms with van der Waals surface area (Å²) in [4.78, 5) is 17.9. The summed E-state index contributed by atoms with van der Waals surface area (Å²) in [5, 5.41) is 4.19. The SMILES string of the molecule is Cc1cc(OC(F)F)cc(Cl)c1Nc1nccc2c1ccn2CC(=O)N(C)C. The van der Waals surface area contributed by atoms with Crippen molar-refractivity contribution < 1.29 is 18.3 Å². The first-order valence-electron chi connectivity index (χ1n) is 8.42. The molecule has 0 aliphatic rings. The minimum atomic E-state index is -2.92. The number of aryl methyl sites for hydroxylation is 1. The maximum atomic E-state index is 12.4. The number of hydrogen-bond acceptors (Lipinski definition) is 4. The van der Waals surface area contributed by atoms with E-state index in [0.29, 0.717) is 17.1 Å². The fourth-order valence-electron chi connectivity index (χ4n) is 2.81. The number of benzene rings is 1. The van der Waals surface area contributed by atoms with E-state index in [-0.39, 0.29) is 23.2 Å². The Hall–Kier alpha value is -2.87. The van der Waals surface area contributed by atoms with Crippen LogP contribution in [-0.4, -0.2) is 41.1 Å². The molecule has 0 aliphatic heterocycles. The molecule has 0 aliphatic carbocycles. The van der Waals surface area contributed by atoms with Gasteiger partial charge in [-0.3, -0.25) is 4.79 Å². The lowest BCUT2D eigenvalue weighted by atomic mass is 10.2. The van der Waals surface area contributed by atoms with E-state index in [0.717, 1.165) is 10.9 Å². The number of carbonyl (C=O) groups is 1. The lowest BCUT2D eigenvalue weighted by Gasteiger charge is -2.15. The van der Waals surface area contributed by atoms with E-state index in [2.05, 4.69) is 15.0 Å². The van der Waals surface area contributed by atoms with Crippen molar-refractivity contribution in [1.29, 1.82) is 0 Å². The van der Waals surface area contributed by atoms with Crippen LogP contribution in [0.5, 0.6) is 5.75 Å². The summed E-state index contributed by atoms with van der Waals surface area (Å²) < 4.78 is 31.1. The number of ether oxygens (including phenoxy) is 1. The Morgan fingerprint density at radius 1 is 1.36 bits per heavy atom. The monoisotopic (exact) mass is 408 g/mol. The predicted octanol–water partition coefficient (Wildman–Crippen LogP) is 4.43. The highest BCUT2D eigenvalue weighted by molar-refractivity contribution is 6.33. The summed E-state index contributed by atoms with van der Waals surface area (Å²) >= 11 is 6.26. The van der Waals surface area contributed by atoms with Crippen LogP contribution in [0.25, 0.3) is 10.9 Å². The van der Waals surface area contributed by atoms with Crippen LogP contribution >= 0.6 is 11.6 Å². The number of anilines is 2. The number of pyridine rings is 1. The van der Waals surface area contributed by atoms with E-state index in [1.54, 1.807) is 27.2 Å². The van der Waals surface area contributed by atoms with Crippen LogP contribution in [0.1, 0.15) is 5.56 Å². The number of nitrogens with one attached hydrogen (secondary N) is 1. The van der Waals surface area contributed by atoms with Crippen molar-refractivity contribution in [2.75, 3.05) is 19.4 Å². The molecular formula is C19H19ClF2N4O2. The van der Waals surface area contributed by atoms with Crippen LogP contribution in [0.2, 0.25) is 5.02 Å². The molecule has 0 atom stereocenters. The number of amides is 1. The van der Waals surface area contributed by atoms with Crippen molar-refractivity contribution in [3.05, 3.63) is 47.2 Å². The first-order valence-corrected chi connectivity index (χ1v) is 8.80. The standard InChI is InChI=1S/C19H19ClF2N4O2/c1-11-8-12(28-19(21)22)9-14(20)17(11)24-18-13-5-7-26(10-16(27)25(2)3)15(13)4-6-23-18/h4-9,19H,10H2,1-3H3,(H,23,24). The molecular weight excluding hydrogens is 390 g/mol. The van der Waals surface area contributed by atoms with E-state index in [1.165, 1.54) is 17.0 Å². The molecule has 0 saturated heterocycles. The topological polar surface area (TPSA) is 59.4 Å². The van der Waals surface area contributed by atoms with Gasteiger partial charge in [-0.15, -0.1) is 0 Å². The molecule has 0 spiro atoms. The third-order valence-corrected chi connectivity index (χ3v) is 4.53. The molecule has 2 heterocycles. The minimum Gasteiger partial charge on any atom is -0.435 e. The Kier molecular flexibility index (Phi) is 5.69. The average Bonchev–Trinajstić information content (AvgIpc) is 3.01. The van der Waals surface area contributed by atoms with Crippen molar-refractivity contribution >= 4 is 39.9 Å². The summed E-state index contributed by atoms with van der Waals surface area (Å²) in [7, 11) is 3.41. The fraction of sp³-hybridized carbons (Fsp3) is 0.263. The van der Waals surface area contributed by atoms with Crippen LogP contribution < -0.4 is 10.1 Å². The van der Waals surface area contributed by atoms with E-state index >= 15 is 0 Å². The first-order chi connectivity index (χ1) is 13.3. The Labute approximate surface area is 165 Å². The van der Waals surface area contributed by atoms with Crippen molar-refractivity contribution in [3.8, 4) is 5.75 Å². The zero-order valence-corrected chi connectivity index (χ0v) is 16.3. The minimum absolute atomic E-state index is 0.0115. The molecule has 0 unspecified atom stereocenters. The fourth-order valence-corrected chi connectivity index (χ4v) is 3.11. The average molecular weight is 409 g/mol. The smallest absolute Gasteiger partial charge is 0.387 e. The van der Waals surface area contributed by atoms with Crippen LogP contribution in [0.3, 0.4) is 0 Å². The van der Waals surface area contributed by atoms with Crippen molar-refractivity contribution in [3.63, 3.8) is 0 Å². The van der Waals surface area contributed by atoms with Crippen molar-refractivity contribution in [1.82, 2.24) is 14.5 Å². The van der Waals surface area contributed by atoms with Crippen LogP contribution in [0.15, 0.2) is 36.7 Å². The van der Waals surface area contributed by atoms with E-state index in [1.807, 2.05) is 22.9 Å². The van der Waals surface area contributed by atoms with E-state index < -0.39 is 6.61 Å². The van der Waals surface area contributed by atoms with Crippen LogP contribution in [0, 0.1) is 6.92 Å². The third kappa shape index (κ3) is 4.17. The number of carbonyl (C=O) groups excluding carboxylic acids is 1. The Bertz CT molecular complexity index is 997. The van der Waals surface area contributed by atoms with Gasteiger partial charge in [0.1, 0.15) is 18.1 Å². The van der Waals surface area contributed by atoms with Gasteiger partial charge < -0.3 is 19.5 Å². The third-order valence-electron chi connectivity index (χ3n) is 4.23. The second kappa shape index (κ2) is 8.02. The van der Waals surface area contributed by atoms with Gasteiger partial charge in [-0.2, -0.15) is 8.78 Å². The molecule has 3 rings (SSSR count). The number of rotatable bonds is 6. The Morgan fingerprint density at radius 3 is 2.75 bits per heavy atom. The molecule has 0 fully saturated rings. The van der Waals surface area contributed by atoms with E-state index in [9.17, 15) is 13.6 Å². The summed E-state index contributed by atoms with van der Waals surface area (Å²) in [6, 6.07) is 6.47. The maximum absolute atomic E-state index is 12.4. The lowest BCUT2D eigenvalue weighted by Crippen LogP contribution is -2.25. The Balaban J connectivity index is 1.93. The van der Waals surface area contributed by atoms with Gasteiger partial charge in [0.25, 0.3) is 0 Å². The second-order valence-corrected chi connectivity index (χ2v) is 6.83. The Morgan fingerprint density at radius 2 is 2.11 bits per heavy atom. The molecule has 1 amide bonds. The van der Waals surface area contributed by atoms with Gasteiger partial charge in [0.2, 0.25) is 5.91 Å². The number of fused-ring (bicyclic) bond motifs is 1. The molecule has 0 bridgehead atoms. The summed E-state index contributed by atoms with van der Waals surface area (Å²) in [5.41, 5.74) is 2.00. The van der Waals surface area contributed by atoms with Gasteiger partial charge in [-0.25, -0.2) is 4.98 Å². The van der Waals surface area contributed by atoms with Crippen LogP contribution in [0.4, 0.5) is 20.3 Å². The number of aromatic nitrogens is 2. The molecule has 0 radical (unpaired) electrons. The number of halogens is 3. The molecule has 28 heavy (non-hydrogen) atoms. The van der Waals surface area contributed by atoms with Gasteiger partial charge >= 0.3 is 6.61 Å². The highest BCUT2D eigenvalue weighted by atomic mass is 35.5. The summed E-state index contributed by atoms with van der Waals surface area (Å²) in [6.07, 6.45) is 3.44. The van der Waals surface area contributed by atoms with Crippen molar-refractivity contribution in [2.45, 2.75) is 20.1 Å². The maximum Gasteiger partial charge on any atom is 0.387 e. The van der Waals surface area contributed by atoms with Crippen molar-refractivity contribution in [2.24, 2.45) is 0 Å². The largest absolute Gasteiger partial charge is 0.435 e. The van der Waals surface area contributed by atoms with Gasteiger partial charge in [-0.05, 0) is 30.7 Å². The summed E-state index contributed by atoms with van der Waals surface area (Å²) in [6.45, 7) is -0.984. The number of nitrogens with zero attached hydrogens (tertiary/aromatic N) is 3. The van der Waals surface area contributed by atoms with Gasteiger partial charge in [0.15, 0.2) is 0 Å². The molecule has 1 N–H and O–H groups in total. The quantitative estimate of drug-likeness (QED) is 0.655. The van der Waals surface area contributed by atoms with E-state index in [4.69, 9.17) is 11.6 Å². The first kappa shape index (κ1) is 19.9.